The SMILES string of the molecule is CC(=O)c1ccc(N2C(=O)CC(N(Cc3ccc4c(c3)OCO4)C(=O)/C=C/C(=O)O)C2=O)cc1. The van der Waals surface area contributed by atoms with Gasteiger partial charge in [0.1, 0.15) is 6.04 Å². The van der Waals surface area contributed by atoms with Crippen LogP contribution in [0.1, 0.15) is 29.3 Å². The minimum Gasteiger partial charge on any atom is -0.478 e. The zero-order valence-corrected chi connectivity index (χ0v) is 18.1. The highest BCUT2D eigenvalue weighted by Gasteiger charge is 2.44. The van der Waals surface area contributed by atoms with Gasteiger partial charge in [-0.1, -0.05) is 6.07 Å². The Morgan fingerprint density at radius 2 is 1.76 bits per heavy atom. The molecule has 2 heterocycles. The standard InChI is InChI=1S/C24H20N2O8/c1-14(27)16-3-5-17(6-4-16)26-22(29)11-18(24(26)32)25(21(28)8-9-23(30)31)12-15-2-7-19-20(10-15)34-13-33-19/h2-10,18H,11-13H2,1H3,(H,30,31)/b9-8+. The van der Waals surface area contributed by atoms with Gasteiger partial charge < -0.3 is 19.5 Å². The average Bonchev–Trinajstić information content (AvgIpc) is 3.39. The average molecular weight is 464 g/mol. The fraction of sp³-hybridized carbons (Fsp3) is 0.208. The number of aliphatic carboxylic acids is 1. The largest absolute Gasteiger partial charge is 0.478 e. The Bertz CT molecular complexity index is 1220. The predicted molar refractivity (Wildman–Crippen MR) is 117 cm³/mol. The number of hydrogen-bond donors (Lipinski definition) is 1. The molecular formula is C24H20N2O8. The molecule has 0 radical (unpaired) electrons. The number of carbonyl (C=O) groups excluding carboxylic acids is 4. The summed E-state index contributed by atoms with van der Waals surface area (Å²) in [4.78, 5) is 63.5. The fourth-order valence-electron chi connectivity index (χ4n) is 3.79. The number of anilines is 1. The Morgan fingerprint density at radius 1 is 1.06 bits per heavy atom. The van der Waals surface area contributed by atoms with Gasteiger partial charge in [-0.2, -0.15) is 0 Å². The lowest BCUT2D eigenvalue weighted by Gasteiger charge is -2.27. The molecule has 0 bridgehead atoms. The molecule has 2 aliphatic rings. The maximum absolute atomic E-state index is 13.3. The van der Waals surface area contributed by atoms with Crippen molar-refractivity contribution >= 4 is 35.2 Å². The Morgan fingerprint density at radius 3 is 2.44 bits per heavy atom. The van der Waals surface area contributed by atoms with Crippen molar-refractivity contribution in [3.8, 4) is 11.5 Å². The Kier molecular flexibility index (Phi) is 6.13. The molecule has 0 saturated carbocycles. The number of imide groups is 1. The lowest BCUT2D eigenvalue weighted by molar-refractivity contribution is -0.135. The van der Waals surface area contributed by atoms with E-state index in [1.54, 1.807) is 18.2 Å². The summed E-state index contributed by atoms with van der Waals surface area (Å²) >= 11 is 0. The van der Waals surface area contributed by atoms with Gasteiger partial charge in [-0.3, -0.25) is 19.2 Å². The first-order valence-electron chi connectivity index (χ1n) is 10.3. The van der Waals surface area contributed by atoms with Crippen molar-refractivity contribution in [2.75, 3.05) is 11.7 Å². The lowest BCUT2D eigenvalue weighted by Crippen LogP contribution is -2.44. The van der Waals surface area contributed by atoms with Crippen LogP contribution in [0.5, 0.6) is 11.5 Å². The molecule has 1 atom stereocenters. The second-order valence-electron chi connectivity index (χ2n) is 7.72. The molecule has 10 nitrogen and oxygen atoms in total. The highest BCUT2D eigenvalue weighted by Crippen LogP contribution is 2.34. The zero-order chi connectivity index (χ0) is 24.4. The van der Waals surface area contributed by atoms with Crippen molar-refractivity contribution < 1.29 is 38.6 Å². The van der Waals surface area contributed by atoms with Crippen molar-refractivity contribution in [3.05, 3.63) is 65.7 Å². The number of hydrogen-bond acceptors (Lipinski definition) is 7. The monoisotopic (exact) mass is 464 g/mol. The number of fused-ring (bicyclic) bond motifs is 1. The van der Waals surface area contributed by atoms with Gasteiger partial charge in [-0.15, -0.1) is 0 Å². The maximum Gasteiger partial charge on any atom is 0.328 e. The maximum atomic E-state index is 13.3. The molecule has 3 amide bonds. The Balaban J connectivity index is 1.63. The molecule has 1 fully saturated rings. The van der Waals surface area contributed by atoms with Crippen molar-refractivity contribution in [1.29, 1.82) is 0 Å². The molecular weight excluding hydrogens is 444 g/mol. The molecule has 34 heavy (non-hydrogen) atoms. The first-order chi connectivity index (χ1) is 16.2. The number of amides is 3. The van der Waals surface area contributed by atoms with E-state index in [-0.39, 0.29) is 31.2 Å². The van der Waals surface area contributed by atoms with Crippen LogP contribution in [0.25, 0.3) is 0 Å². The van der Waals surface area contributed by atoms with E-state index in [1.165, 1.54) is 31.2 Å². The van der Waals surface area contributed by atoms with Crippen LogP contribution in [-0.4, -0.2) is 52.3 Å². The van der Waals surface area contributed by atoms with Gasteiger partial charge in [-0.05, 0) is 48.9 Å². The second-order valence-corrected chi connectivity index (χ2v) is 7.72. The number of carboxylic acid groups (broad SMARTS) is 1. The molecule has 1 unspecified atom stereocenters. The zero-order valence-electron chi connectivity index (χ0n) is 18.1. The number of nitrogens with zero attached hydrogens (tertiary/aromatic N) is 2. The van der Waals surface area contributed by atoms with Gasteiger partial charge in [0.2, 0.25) is 18.6 Å². The van der Waals surface area contributed by atoms with E-state index < -0.39 is 29.7 Å². The van der Waals surface area contributed by atoms with Crippen LogP contribution in [0.2, 0.25) is 0 Å². The number of benzene rings is 2. The van der Waals surface area contributed by atoms with Gasteiger partial charge in [0, 0.05) is 24.3 Å². The summed E-state index contributed by atoms with van der Waals surface area (Å²) in [6.07, 6.45) is 1.25. The van der Waals surface area contributed by atoms with Crippen LogP contribution in [-0.2, 0) is 25.7 Å². The molecule has 4 rings (SSSR count). The number of rotatable bonds is 7. The smallest absolute Gasteiger partial charge is 0.328 e. The normalized spacial score (nSPS) is 16.9. The third-order valence-electron chi connectivity index (χ3n) is 5.47. The van der Waals surface area contributed by atoms with Crippen LogP contribution in [0.3, 0.4) is 0 Å². The van der Waals surface area contributed by atoms with E-state index in [2.05, 4.69) is 0 Å². The highest BCUT2D eigenvalue weighted by atomic mass is 16.7. The molecule has 2 aliphatic heterocycles. The van der Waals surface area contributed by atoms with Gasteiger partial charge in [0.15, 0.2) is 17.3 Å². The first kappa shape index (κ1) is 22.7. The third-order valence-corrected chi connectivity index (χ3v) is 5.47. The number of ketones is 1. The Hall–Kier alpha value is -4.47. The third kappa shape index (κ3) is 4.51. The summed E-state index contributed by atoms with van der Waals surface area (Å²) in [5.41, 5.74) is 1.31. The van der Waals surface area contributed by atoms with E-state index >= 15 is 0 Å². The first-order valence-corrected chi connectivity index (χ1v) is 10.3. The quantitative estimate of drug-likeness (QED) is 0.374. The lowest BCUT2D eigenvalue weighted by atomic mass is 10.1. The number of carbonyl (C=O) groups is 5. The van der Waals surface area contributed by atoms with Crippen LogP contribution < -0.4 is 14.4 Å². The van der Waals surface area contributed by atoms with Crippen LogP contribution in [0.15, 0.2) is 54.6 Å². The molecule has 1 N–H and O–H groups in total. The van der Waals surface area contributed by atoms with Crippen LogP contribution in [0.4, 0.5) is 5.69 Å². The molecule has 0 spiro atoms. The van der Waals surface area contributed by atoms with Crippen molar-refractivity contribution in [1.82, 2.24) is 4.90 Å². The second kappa shape index (κ2) is 9.18. The summed E-state index contributed by atoms with van der Waals surface area (Å²) in [5.74, 6) is -2.34. The molecule has 10 heteroatoms. The topological polar surface area (TPSA) is 131 Å². The molecule has 174 valence electrons. The summed E-state index contributed by atoms with van der Waals surface area (Å²) in [6, 6.07) is 9.87. The summed E-state index contributed by atoms with van der Waals surface area (Å²) in [5, 5.41) is 8.91. The van der Waals surface area contributed by atoms with Crippen LogP contribution >= 0.6 is 0 Å². The predicted octanol–water partition coefficient (Wildman–Crippen LogP) is 1.92. The summed E-state index contributed by atoms with van der Waals surface area (Å²) < 4.78 is 10.6. The van der Waals surface area contributed by atoms with E-state index in [1.807, 2.05) is 0 Å². The summed E-state index contributed by atoms with van der Waals surface area (Å²) in [6.45, 7) is 1.40. The minimum atomic E-state index is -1.32. The molecule has 1 saturated heterocycles. The number of ether oxygens (including phenoxy) is 2. The van der Waals surface area contributed by atoms with Gasteiger partial charge >= 0.3 is 5.97 Å². The number of carboxylic acids is 1. The van der Waals surface area contributed by atoms with E-state index in [9.17, 15) is 24.0 Å². The van der Waals surface area contributed by atoms with Crippen LogP contribution in [0, 0.1) is 0 Å². The van der Waals surface area contributed by atoms with E-state index in [0.717, 1.165) is 15.9 Å². The molecule has 2 aromatic rings. The molecule has 0 aliphatic carbocycles. The molecule has 0 aromatic heterocycles. The van der Waals surface area contributed by atoms with Gasteiger partial charge in [-0.25, -0.2) is 9.69 Å². The van der Waals surface area contributed by atoms with Gasteiger partial charge in [0.25, 0.3) is 5.91 Å². The number of Topliss-reactive ketones (excluding diaryl/α,β-unsaturated/α-hetero) is 1. The van der Waals surface area contributed by atoms with Crippen molar-refractivity contribution in [2.45, 2.75) is 25.9 Å². The summed E-state index contributed by atoms with van der Waals surface area (Å²) in [7, 11) is 0. The molecule has 2 aromatic carbocycles. The fourth-order valence-corrected chi connectivity index (χ4v) is 3.79. The van der Waals surface area contributed by atoms with E-state index in [0.29, 0.717) is 28.7 Å². The van der Waals surface area contributed by atoms with Crippen molar-refractivity contribution in [3.63, 3.8) is 0 Å². The minimum absolute atomic E-state index is 0.0652. The van der Waals surface area contributed by atoms with Crippen molar-refractivity contribution in [2.24, 2.45) is 0 Å². The van der Waals surface area contributed by atoms with Gasteiger partial charge in [0.05, 0.1) is 12.1 Å². The van der Waals surface area contributed by atoms with E-state index in [4.69, 9.17) is 14.6 Å². The highest BCUT2D eigenvalue weighted by molar-refractivity contribution is 6.23. The Labute approximate surface area is 194 Å².